The van der Waals surface area contributed by atoms with Gasteiger partial charge in [-0.05, 0) is 31.6 Å². The summed E-state index contributed by atoms with van der Waals surface area (Å²) in [5.41, 5.74) is 0. The van der Waals surface area contributed by atoms with Crippen LogP contribution in [-0.4, -0.2) is 12.2 Å². The summed E-state index contributed by atoms with van der Waals surface area (Å²) in [5.74, 6) is 1.58. The second-order valence-corrected chi connectivity index (χ2v) is 3.97. The van der Waals surface area contributed by atoms with Gasteiger partial charge in [0, 0.05) is 0 Å². The van der Waals surface area contributed by atoms with E-state index in [2.05, 4.69) is 27.7 Å². The molecule has 0 aromatic carbocycles. The van der Waals surface area contributed by atoms with Crippen molar-refractivity contribution in [2.45, 2.75) is 52.7 Å². The molecule has 11 heavy (non-hydrogen) atoms. The summed E-state index contributed by atoms with van der Waals surface area (Å²) in [6, 6.07) is 0. The van der Waals surface area contributed by atoms with Crippen molar-refractivity contribution in [3.05, 3.63) is 0 Å². The van der Waals surface area contributed by atoms with Crippen molar-refractivity contribution in [3.8, 4) is 0 Å². The monoisotopic (exact) mass is 156 g/mol. The molecular formula is C10H20O. The third kappa shape index (κ3) is 1.96. The van der Waals surface area contributed by atoms with Gasteiger partial charge in [0.25, 0.3) is 0 Å². The maximum atomic E-state index is 5.82. The lowest BCUT2D eigenvalue weighted by atomic mass is 9.83. The van der Waals surface area contributed by atoms with Gasteiger partial charge in [-0.3, -0.25) is 0 Å². The van der Waals surface area contributed by atoms with Gasteiger partial charge in [-0.25, -0.2) is 0 Å². The van der Waals surface area contributed by atoms with Crippen LogP contribution >= 0.6 is 0 Å². The molecule has 0 radical (unpaired) electrons. The van der Waals surface area contributed by atoms with Gasteiger partial charge in [0.2, 0.25) is 0 Å². The zero-order valence-corrected chi connectivity index (χ0v) is 8.13. The summed E-state index contributed by atoms with van der Waals surface area (Å²) in [4.78, 5) is 0. The topological polar surface area (TPSA) is 9.23 Å². The molecule has 1 heteroatoms. The minimum atomic E-state index is 0.478. The molecule has 0 bridgehead atoms. The van der Waals surface area contributed by atoms with E-state index in [4.69, 9.17) is 4.74 Å². The summed E-state index contributed by atoms with van der Waals surface area (Å²) >= 11 is 0. The Hall–Kier alpha value is -0.0400. The third-order valence-corrected chi connectivity index (χ3v) is 3.00. The number of hydrogen-bond acceptors (Lipinski definition) is 1. The van der Waals surface area contributed by atoms with Crippen molar-refractivity contribution < 1.29 is 4.74 Å². The van der Waals surface area contributed by atoms with Gasteiger partial charge < -0.3 is 4.74 Å². The fourth-order valence-electron chi connectivity index (χ4n) is 2.05. The predicted molar refractivity (Wildman–Crippen MR) is 47.6 cm³/mol. The van der Waals surface area contributed by atoms with Crippen LogP contribution in [0.5, 0.6) is 0 Å². The minimum absolute atomic E-state index is 0.478. The molecule has 0 saturated carbocycles. The number of rotatable bonds is 1. The second kappa shape index (κ2) is 3.57. The summed E-state index contributed by atoms with van der Waals surface area (Å²) in [6.45, 7) is 9.05. The zero-order chi connectivity index (χ0) is 8.43. The normalized spacial score (nSPS) is 45.8. The SMILES string of the molecule is CCC1OC(C)C[C@@H](C)[C@H]1C. The lowest BCUT2D eigenvalue weighted by molar-refractivity contribution is -0.0935. The van der Waals surface area contributed by atoms with E-state index in [0.717, 1.165) is 18.3 Å². The first kappa shape index (κ1) is 9.05. The van der Waals surface area contributed by atoms with Crippen LogP contribution in [0.3, 0.4) is 0 Å². The van der Waals surface area contributed by atoms with Gasteiger partial charge in [0.05, 0.1) is 12.2 Å². The van der Waals surface area contributed by atoms with Crippen molar-refractivity contribution >= 4 is 0 Å². The van der Waals surface area contributed by atoms with Crippen LogP contribution in [0.25, 0.3) is 0 Å². The number of hydrogen-bond donors (Lipinski definition) is 0. The molecule has 0 amide bonds. The molecule has 1 nitrogen and oxygen atoms in total. The Morgan fingerprint density at radius 3 is 2.45 bits per heavy atom. The zero-order valence-electron chi connectivity index (χ0n) is 8.13. The largest absolute Gasteiger partial charge is 0.375 e. The highest BCUT2D eigenvalue weighted by atomic mass is 16.5. The Morgan fingerprint density at radius 2 is 1.91 bits per heavy atom. The van der Waals surface area contributed by atoms with E-state index in [0.29, 0.717) is 12.2 Å². The Morgan fingerprint density at radius 1 is 1.27 bits per heavy atom. The molecular weight excluding hydrogens is 136 g/mol. The van der Waals surface area contributed by atoms with E-state index in [1.165, 1.54) is 6.42 Å². The van der Waals surface area contributed by atoms with E-state index in [1.807, 2.05) is 0 Å². The molecule has 1 saturated heterocycles. The van der Waals surface area contributed by atoms with Crippen LogP contribution in [0.4, 0.5) is 0 Å². The first-order chi connectivity index (χ1) is 5.15. The molecule has 4 atom stereocenters. The molecule has 0 spiro atoms. The fraction of sp³-hybridized carbons (Fsp3) is 1.00. The van der Waals surface area contributed by atoms with Crippen LogP contribution in [0.1, 0.15) is 40.5 Å². The van der Waals surface area contributed by atoms with Crippen molar-refractivity contribution in [1.82, 2.24) is 0 Å². The second-order valence-electron chi connectivity index (χ2n) is 3.97. The molecule has 0 aromatic heterocycles. The highest BCUT2D eigenvalue weighted by Gasteiger charge is 2.29. The Bertz CT molecular complexity index is 122. The molecule has 1 fully saturated rings. The average molecular weight is 156 g/mol. The smallest absolute Gasteiger partial charge is 0.0604 e. The van der Waals surface area contributed by atoms with E-state index < -0.39 is 0 Å². The van der Waals surface area contributed by atoms with Gasteiger partial charge in [0.15, 0.2) is 0 Å². The van der Waals surface area contributed by atoms with Gasteiger partial charge in [-0.1, -0.05) is 20.8 Å². The van der Waals surface area contributed by atoms with Gasteiger partial charge in [-0.2, -0.15) is 0 Å². The van der Waals surface area contributed by atoms with Crippen molar-refractivity contribution in [1.29, 1.82) is 0 Å². The lowest BCUT2D eigenvalue weighted by Crippen LogP contribution is -2.37. The van der Waals surface area contributed by atoms with Crippen LogP contribution in [-0.2, 0) is 4.74 Å². The highest BCUT2D eigenvalue weighted by Crippen LogP contribution is 2.31. The van der Waals surface area contributed by atoms with E-state index >= 15 is 0 Å². The van der Waals surface area contributed by atoms with Crippen molar-refractivity contribution in [3.63, 3.8) is 0 Å². The molecule has 1 aliphatic heterocycles. The average Bonchev–Trinajstić information content (AvgIpc) is 1.96. The van der Waals surface area contributed by atoms with Crippen molar-refractivity contribution in [2.75, 3.05) is 0 Å². The quantitative estimate of drug-likeness (QED) is 0.567. The third-order valence-electron chi connectivity index (χ3n) is 3.00. The summed E-state index contributed by atoms with van der Waals surface area (Å²) in [5, 5.41) is 0. The fourth-order valence-corrected chi connectivity index (χ4v) is 2.05. The minimum Gasteiger partial charge on any atom is -0.375 e. The highest BCUT2D eigenvalue weighted by molar-refractivity contribution is 4.78. The lowest BCUT2D eigenvalue weighted by Gasteiger charge is -2.37. The molecule has 0 aromatic rings. The Balaban J connectivity index is 2.51. The standard InChI is InChI=1S/C10H20O/c1-5-10-9(4)7(2)6-8(3)11-10/h7-10H,5-6H2,1-4H3/t7-,8?,9-,10?/m1/s1. The predicted octanol–water partition coefficient (Wildman–Crippen LogP) is 2.85. The molecule has 1 aliphatic rings. The van der Waals surface area contributed by atoms with Crippen LogP contribution in [0, 0.1) is 11.8 Å². The van der Waals surface area contributed by atoms with Crippen molar-refractivity contribution in [2.24, 2.45) is 11.8 Å². The Kier molecular flexibility index (Phi) is 2.94. The summed E-state index contributed by atoms with van der Waals surface area (Å²) < 4.78 is 5.82. The van der Waals surface area contributed by atoms with Gasteiger partial charge >= 0.3 is 0 Å². The first-order valence-corrected chi connectivity index (χ1v) is 4.80. The first-order valence-electron chi connectivity index (χ1n) is 4.80. The molecule has 0 aliphatic carbocycles. The van der Waals surface area contributed by atoms with Crippen LogP contribution in [0.2, 0.25) is 0 Å². The van der Waals surface area contributed by atoms with E-state index in [-0.39, 0.29) is 0 Å². The van der Waals surface area contributed by atoms with E-state index in [9.17, 15) is 0 Å². The maximum Gasteiger partial charge on any atom is 0.0604 e. The van der Waals surface area contributed by atoms with Gasteiger partial charge in [0.1, 0.15) is 0 Å². The molecule has 2 unspecified atom stereocenters. The van der Waals surface area contributed by atoms with Crippen LogP contribution < -0.4 is 0 Å². The summed E-state index contributed by atoms with van der Waals surface area (Å²) in [7, 11) is 0. The van der Waals surface area contributed by atoms with Crippen LogP contribution in [0.15, 0.2) is 0 Å². The molecule has 66 valence electrons. The summed E-state index contributed by atoms with van der Waals surface area (Å²) in [6.07, 6.45) is 3.38. The molecule has 0 N–H and O–H groups in total. The number of ether oxygens (including phenoxy) is 1. The Labute approximate surface area is 70.1 Å². The molecule has 1 rings (SSSR count). The maximum absolute atomic E-state index is 5.82. The van der Waals surface area contributed by atoms with Gasteiger partial charge in [-0.15, -0.1) is 0 Å². The van der Waals surface area contributed by atoms with E-state index in [1.54, 1.807) is 0 Å². The molecule has 1 heterocycles.